The molecule has 120 valence electrons. The van der Waals surface area contributed by atoms with Crippen molar-refractivity contribution in [2.45, 2.75) is 24.3 Å². The first-order valence-corrected chi connectivity index (χ1v) is 8.81. The molecule has 6 heteroatoms. The van der Waals surface area contributed by atoms with Crippen LogP contribution in [-0.4, -0.2) is 20.8 Å². The molecule has 1 N–H and O–H groups in total. The number of carbonyl (C=O) groups is 1. The van der Waals surface area contributed by atoms with Gasteiger partial charge in [-0.2, -0.15) is 0 Å². The average molecular weight is 331 g/mol. The van der Waals surface area contributed by atoms with Crippen LogP contribution in [0.15, 0.2) is 53.4 Å². The maximum atomic E-state index is 12.6. The minimum Gasteiger partial charge on any atom is -0.493 e. The lowest BCUT2D eigenvalue weighted by Crippen LogP contribution is -2.32. The van der Waals surface area contributed by atoms with Crippen molar-refractivity contribution in [2.24, 2.45) is 0 Å². The summed E-state index contributed by atoms with van der Waals surface area (Å²) >= 11 is 0. The highest BCUT2D eigenvalue weighted by Crippen LogP contribution is 2.32. The molecular weight excluding hydrogens is 314 g/mol. The van der Waals surface area contributed by atoms with Crippen molar-refractivity contribution < 1.29 is 17.9 Å². The van der Waals surface area contributed by atoms with Crippen LogP contribution in [0.25, 0.3) is 0 Å². The fourth-order valence-electron chi connectivity index (χ4n) is 2.60. The fourth-order valence-corrected chi connectivity index (χ4v) is 3.90. The summed E-state index contributed by atoms with van der Waals surface area (Å²) in [6, 6.07) is 13.1. The van der Waals surface area contributed by atoms with Crippen LogP contribution in [-0.2, 0) is 10.0 Å². The van der Waals surface area contributed by atoms with Crippen molar-refractivity contribution in [1.82, 2.24) is 4.72 Å². The van der Waals surface area contributed by atoms with Crippen LogP contribution in [0.2, 0.25) is 0 Å². The molecule has 0 aromatic heterocycles. The summed E-state index contributed by atoms with van der Waals surface area (Å²) in [5.74, 6) is 0.530. The highest BCUT2D eigenvalue weighted by Gasteiger charge is 2.26. The Balaban J connectivity index is 1.91. The van der Waals surface area contributed by atoms with E-state index in [1.807, 2.05) is 24.3 Å². The Morgan fingerprint density at radius 1 is 1.17 bits per heavy atom. The second kappa shape index (κ2) is 6.14. The molecule has 0 saturated heterocycles. The lowest BCUT2D eigenvalue weighted by Gasteiger charge is -2.26. The van der Waals surface area contributed by atoms with Gasteiger partial charge in [-0.15, -0.1) is 0 Å². The van der Waals surface area contributed by atoms with E-state index < -0.39 is 10.0 Å². The molecule has 1 unspecified atom stereocenters. The second-order valence-corrected chi connectivity index (χ2v) is 7.15. The number of Topliss-reactive ketones (excluding diaryl/α,β-unsaturated/α-hetero) is 1. The number of hydrogen-bond acceptors (Lipinski definition) is 4. The number of ketones is 1. The van der Waals surface area contributed by atoms with E-state index in [0.29, 0.717) is 24.3 Å². The molecule has 1 aliphatic heterocycles. The third-order valence-corrected chi connectivity index (χ3v) is 5.28. The Kier molecular flexibility index (Phi) is 4.19. The van der Waals surface area contributed by atoms with E-state index in [1.54, 1.807) is 12.1 Å². The van der Waals surface area contributed by atoms with Crippen LogP contribution in [0.1, 0.15) is 35.3 Å². The van der Waals surface area contributed by atoms with Gasteiger partial charge < -0.3 is 4.74 Å². The first kappa shape index (κ1) is 15.7. The van der Waals surface area contributed by atoms with Crippen molar-refractivity contribution in [1.29, 1.82) is 0 Å². The Bertz CT molecular complexity index is 845. The Hall–Kier alpha value is -2.18. The van der Waals surface area contributed by atoms with E-state index in [2.05, 4.69) is 4.72 Å². The van der Waals surface area contributed by atoms with Crippen LogP contribution in [0.4, 0.5) is 0 Å². The molecule has 0 spiro atoms. The molecule has 1 aliphatic rings. The smallest absolute Gasteiger partial charge is 0.241 e. The van der Waals surface area contributed by atoms with E-state index in [1.165, 1.54) is 19.1 Å². The van der Waals surface area contributed by atoms with Gasteiger partial charge in [-0.1, -0.05) is 30.3 Å². The highest BCUT2D eigenvalue weighted by atomic mass is 32.2. The van der Waals surface area contributed by atoms with Gasteiger partial charge in [-0.25, -0.2) is 13.1 Å². The van der Waals surface area contributed by atoms with E-state index in [-0.39, 0.29) is 16.7 Å². The van der Waals surface area contributed by atoms with Gasteiger partial charge in [0, 0.05) is 17.5 Å². The third-order valence-electron chi connectivity index (χ3n) is 3.81. The molecule has 3 rings (SSSR count). The van der Waals surface area contributed by atoms with Crippen molar-refractivity contribution in [3.8, 4) is 5.75 Å². The van der Waals surface area contributed by atoms with Crippen LogP contribution in [0.3, 0.4) is 0 Å². The first-order valence-electron chi connectivity index (χ1n) is 7.32. The van der Waals surface area contributed by atoms with Crippen molar-refractivity contribution >= 4 is 15.8 Å². The maximum Gasteiger partial charge on any atom is 0.241 e. The van der Waals surface area contributed by atoms with E-state index in [9.17, 15) is 13.2 Å². The minimum absolute atomic E-state index is 0.0918. The second-order valence-electron chi connectivity index (χ2n) is 5.43. The molecule has 0 bridgehead atoms. The van der Waals surface area contributed by atoms with E-state index >= 15 is 0 Å². The number of nitrogens with one attached hydrogen (secondary N) is 1. The van der Waals surface area contributed by atoms with Gasteiger partial charge in [-0.05, 0) is 25.1 Å². The zero-order valence-electron chi connectivity index (χ0n) is 12.7. The predicted molar refractivity (Wildman–Crippen MR) is 86.1 cm³/mol. The molecule has 0 amide bonds. The number of rotatable bonds is 4. The topological polar surface area (TPSA) is 72.5 Å². The normalized spacial score (nSPS) is 17.2. The maximum absolute atomic E-state index is 12.6. The monoisotopic (exact) mass is 331 g/mol. The molecule has 0 radical (unpaired) electrons. The van der Waals surface area contributed by atoms with Crippen molar-refractivity contribution in [2.75, 3.05) is 6.61 Å². The quantitative estimate of drug-likeness (QED) is 0.874. The van der Waals surface area contributed by atoms with Gasteiger partial charge in [0.25, 0.3) is 0 Å². The largest absolute Gasteiger partial charge is 0.493 e. The average Bonchev–Trinajstić information content (AvgIpc) is 2.55. The van der Waals surface area contributed by atoms with Gasteiger partial charge in [0.15, 0.2) is 5.78 Å². The van der Waals surface area contributed by atoms with Gasteiger partial charge in [-0.3, -0.25) is 4.79 Å². The summed E-state index contributed by atoms with van der Waals surface area (Å²) in [7, 11) is -3.72. The summed E-state index contributed by atoms with van der Waals surface area (Å²) in [5.41, 5.74) is 1.20. The number of hydrogen-bond donors (Lipinski definition) is 1. The Morgan fingerprint density at radius 3 is 2.74 bits per heavy atom. The number of ether oxygens (including phenoxy) is 1. The summed E-state index contributed by atoms with van der Waals surface area (Å²) < 4.78 is 33.5. The summed E-state index contributed by atoms with van der Waals surface area (Å²) in [6.45, 7) is 1.87. The molecule has 1 atom stereocenters. The van der Waals surface area contributed by atoms with Crippen LogP contribution < -0.4 is 9.46 Å². The van der Waals surface area contributed by atoms with Gasteiger partial charge in [0.05, 0.1) is 17.5 Å². The van der Waals surface area contributed by atoms with Crippen molar-refractivity contribution in [3.63, 3.8) is 0 Å². The predicted octanol–water partition coefficient (Wildman–Crippen LogP) is 2.69. The zero-order valence-corrected chi connectivity index (χ0v) is 13.5. The standard InChI is InChI=1S/C17H17NO4S/c1-12(19)13-5-4-6-14(11-13)23(20,21)18-16-9-10-22-17-8-3-2-7-15(16)17/h2-8,11,16,18H,9-10H2,1H3. The lowest BCUT2D eigenvalue weighted by molar-refractivity contribution is 0.101. The number of fused-ring (bicyclic) bond motifs is 1. The lowest BCUT2D eigenvalue weighted by atomic mass is 10.0. The van der Waals surface area contributed by atoms with E-state index in [4.69, 9.17) is 4.74 Å². The molecule has 2 aromatic rings. The van der Waals surface area contributed by atoms with Gasteiger partial charge in [0.2, 0.25) is 10.0 Å². The number of sulfonamides is 1. The summed E-state index contributed by atoms with van der Waals surface area (Å²) in [4.78, 5) is 11.5. The van der Waals surface area contributed by atoms with Crippen LogP contribution >= 0.6 is 0 Å². The van der Waals surface area contributed by atoms with Crippen LogP contribution in [0, 0.1) is 0 Å². The zero-order chi connectivity index (χ0) is 16.4. The molecule has 0 saturated carbocycles. The Morgan fingerprint density at radius 2 is 1.96 bits per heavy atom. The fraction of sp³-hybridized carbons (Fsp3) is 0.235. The third kappa shape index (κ3) is 3.28. The SMILES string of the molecule is CC(=O)c1cccc(S(=O)(=O)NC2CCOc3ccccc32)c1. The molecular formula is C17H17NO4S. The molecule has 0 fully saturated rings. The van der Waals surface area contributed by atoms with Crippen molar-refractivity contribution in [3.05, 3.63) is 59.7 Å². The summed E-state index contributed by atoms with van der Waals surface area (Å²) in [5, 5.41) is 0. The molecule has 1 heterocycles. The minimum atomic E-state index is -3.72. The summed E-state index contributed by atoms with van der Waals surface area (Å²) in [6.07, 6.45) is 0.558. The molecule has 0 aliphatic carbocycles. The molecule has 5 nitrogen and oxygen atoms in total. The number of carbonyl (C=O) groups excluding carboxylic acids is 1. The number of para-hydroxylation sites is 1. The highest BCUT2D eigenvalue weighted by molar-refractivity contribution is 7.89. The molecule has 2 aromatic carbocycles. The van der Waals surface area contributed by atoms with Gasteiger partial charge in [0.1, 0.15) is 5.75 Å². The first-order chi connectivity index (χ1) is 11.0. The molecule has 23 heavy (non-hydrogen) atoms. The van der Waals surface area contributed by atoms with E-state index in [0.717, 1.165) is 5.56 Å². The van der Waals surface area contributed by atoms with Gasteiger partial charge >= 0.3 is 0 Å². The van der Waals surface area contributed by atoms with Crippen LogP contribution in [0.5, 0.6) is 5.75 Å². The Labute approximate surface area is 135 Å². The number of benzene rings is 2.